The molecule has 1 atom stereocenters. The minimum atomic E-state index is 0.0241. The fourth-order valence-corrected chi connectivity index (χ4v) is 2.44. The van der Waals surface area contributed by atoms with Gasteiger partial charge >= 0.3 is 0 Å². The van der Waals surface area contributed by atoms with E-state index in [0.29, 0.717) is 30.4 Å². The number of aryl methyl sites for hydroxylation is 1. The fourth-order valence-electron chi connectivity index (χ4n) is 2.24. The van der Waals surface area contributed by atoms with Crippen LogP contribution in [0, 0.1) is 12.8 Å². The van der Waals surface area contributed by atoms with E-state index < -0.39 is 0 Å². The Kier molecular flexibility index (Phi) is 6.70. The van der Waals surface area contributed by atoms with E-state index in [1.165, 1.54) is 0 Å². The van der Waals surface area contributed by atoms with Gasteiger partial charge in [0.2, 0.25) is 0 Å². The zero-order valence-corrected chi connectivity index (χ0v) is 14.0. The molecule has 0 unspecified atom stereocenters. The molecule has 2 aromatic rings. The monoisotopic (exact) mass is 336 g/mol. The molecule has 0 saturated carbocycles. The predicted octanol–water partition coefficient (Wildman–Crippen LogP) is 2.24. The quantitative estimate of drug-likeness (QED) is 0.769. The lowest BCUT2D eigenvalue weighted by atomic mass is 10.0. The number of halogens is 1. The zero-order valence-electron chi connectivity index (χ0n) is 13.3. The average Bonchev–Trinajstić information content (AvgIpc) is 2.53. The maximum Gasteiger partial charge on any atom is 0.156 e. The van der Waals surface area contributed by atoms with Crippen LogP contribution in [0.4, 0.5) is 5.82 Å². The summed E-state index contributed by atoms with van der Waals surface area (Å²) in [6, 6.07) is 3.74. The molecule has 0 aliphatic rings. The van der Waals surface area contributed by atoms with Crippen molar-refractivity contribution in [1.82, 2.24) is 15.0 Å². The molecule has 0 aliphatic heterocycles. The van der Waals surface area contributed by atoms with Crippen LogP contribution in [0.2, 0.25) is 5.02 Å². The molecule has 0 saturated heterocycles. The Morgan fingerprint density at radius 1 is 1.39 bits per heavy atom. The van der Waals surface area contributed by atoms with Crippen molar-refractivity contribution in [3.63, 3.8) is 0 Å². The van der Waals surface area contributed by atoms with Gasteiger partial charge in [0.1, 0.15) is 12.4 Å². The third kappa shape index (κ3) is 5.42. The zero-order chi connectivity index (χ0) is 16.7. The lowest BCUT2D eigenvalue weighted by Crippen LogP contribution is -2.21. The van der Waals surface area contributed by atoms with Crippen molar-refractivity contribution in [1.29, 1.82) is 0 Å². The van der Waals surface area contributed by atoms with Crippen molar-refractivity contribution in [2.24, 2.45) is 5.92 Å². The van der Waals surface area contributed by atoms with Crippen LogP contribution in [-0.4, -0.2) is 40.3 Å². The molecule has 0 bridgehead atoms. The fraction of sp³-hybridized carbons (Fsp3) is 0.438. The van der Waals surface area contributed by atoms with Crippen molar-refractivity contribution < 1.29 is 9.84 Å². The Labute approximate surface area is 140 Å². The van der Waals surface area contributed by atoms with Gasteiger partial charge in [-0.15, -0.1) is 0 Å². The smallest absolute Gasteiger partial charge is 0.156 e. The highest BCUT2D eigenvalue weighted by molar-refractivity contribution is 6.31. The predicted molar refractivity (Wildman–Crippen MR) is 89.5 cm³/mol. The van der Waals surface area contributed by atoms with Gasteiger partial charge < -0.3 is 15.2 Å². The second-order valence-electron chi connectivity index (χ2n) is 5.34. The van der Waals surface area contributed by atoms with E-state index in [-0.39, 0.29) is 12.5 Å². The highest BCUT2D eigenvalue weighted by Gasteiger charge is 2.12. The molecule has 0 aromatic carbocycles. The summed E-state index contributed by atoms with van der Waals surface area (Å²) in [6.45, 7) is 2.91. The van der Waals surface area contributed by atoms with Crippen molar-refractivity contribution in [2.75, 3.05) is 25.6 Å². The van der Waals surface area contributed by atoms with E-state index in [1.54, 1.807) is 19.5 Å². The normalized spacial score (nSPS) is 12.2. The molecule has 0 spiro atoms. The van der Waals surface area contributed by atoms with Crippen LogP contribution in [0.15, 0.2) is 24.5 Å². The SMILES string of the molecule is COCc1nc(C)cc(NC[C@@H](CO)Cc2ccncc2Cl)n1. The van der Waals surface area contributed by atoms with E-state index in [0.717, 1.165) is 17.1 Å². The molecule has 23 heavy (non-hydrogen) atoms. The first-order valence-corrected chi connectivity index (χ1v) is 7.76. The maximum atomic E-state index is 9.60. The van der Waals surface area contributed by atoms with Crippen LogP contribution >= 0.6 is 11.6 Å². The molecule has 2 rings (SSSR count). The number of aliphatic hydroxyl groups excluding tert-OH is 1. The Hall–Kier alpha value is -1.76. The lowest BCUT2D eigenvalue weighted by Gasteiger charge is -2.16. The third-order valence-corrected chi connectivity index (χ3v) is 3.71. The van der Waals surface area contributed by atoms with Crippen molar-refractivity contribution >= 4 is 17.4 Å². The van der Waals surface area contributed by atoms with Gasteiger partial charge in [-0.3, -0.25) is 4.98 Å². The Morgan fingerprint density at radius 2 is 2.22 bits per heavy atom. The Bertz CT molecular complexity index is 639. The van der Waals surface area contributed by atoms with Gasteiger partial charge in [-0.05, 0) is 25.0 Å². The van der Waals surface area contributed by atoms with E-state index >= 15 is 0 Å². The second kappa shape index (κ2) is 8.76. The molecule has 6 nitrogen and oxygen atoms in total. The summed E-state index contributed by atoms with van der Waals surface area (Å²) < 4.78 is 5.06. The van der Waals surface area contributed by atoms with Crippen LogP contribution in [0.25, 0.3) is 0 Å². The van der Waals surface area contributed by atoms with Gasteiger partial charge in [0.05, 0.1) is 5.02 Å². The minimum absolute atomic E-state index is 0.0241. The van der Waals surface area contributed by atoms with Crippen LogP contribution in [0.5, 0.6) is 0 Å². The van der Waals surface area contributed by atoms with Gasteiger partial charge in [0.15, 0.2) is 5.82 Å². The number of hydrogen-bond acceptors (Lipinski definition) is 6. The molecular weight excluding hydrogens is 316 g/mol. The standard InChI is InChI=1S/C16H21ClN4O2/c1-11-5-15(21-16(20-11)10-23-2)19-7-12(9-22)6-13-3-4-18-8-14(13)17/h3-5,8,12,22H,6-7,9-10H2,1-2H3,(H,19,20,21)/t12-/m0/s1. The van der Waals surface area contributed by atoms with E-state index in [2.05, 4.69) is 20.3 Å². The summed E-state index contributed by atoms with van der Waals surface area (Å²) in [4.78, 5) is 12.7. The van der Waals surface area contributed by atoms with Crippen LogP contribution in [0.3, 0.4) is 0 Å². The first-order valence-electron chi connectivity index (χ1n) is 7.39. The summed E-state index contributed by atoms with van der Waals surface area (Å²) in [5.41, 5.74) is 1.84. The molecule has 2 aromatic heterocycles. The van der Waals surface area contributed by atoms with E-state index in [1.807, 2.05) is 19.1 Å². The van der Waals surface area contributed by atoms with E-state index in [4.69, 9.17) is 16.3 Å². The van der Waals surface area contributed by atoms with Crippen molar-refractivity contribution in [3.05, 3.63) is 46.6 Å². The molecule has 7 heteroatoms. The van der Waals surface area contributed by atoms with Crippen molar-refractivity contribution in [3.8, 4) is 0 Å². The second-order valence-corrected chi connectivity index (χ2v) is 5.75. The van der Waals surface area contributed by atoms with Crippen LogP contribution < -0.4 is 5.32 Å². The van der Waals surface area contributed by atoms with Crippen molar-refractivity contribution in [2.45, 2.75) is 20.0 Å². The minimum Gasteiger partial charge on any atom is -0.396 e. The van der Waals surface area contributed by atoms with E-state index in [9.17, 15) is 5.11 Å². The summed E-state index contributed by atoms with van der Waals surface area (Å²) >= 11 is 6.12. The van der Waals surface area contributed by atoms with Gasteiger partial charge in [-0.25, -0.2) is 9.97 Å². The molecule has 2 heterocycles. The lowest BCUT2D eigenvalue weighted by molar-refractivity contribution is 0.177. The molecule has 0 fully saturated rings. The summed E-state index contributed by atoms with van der Waals surface area (Å²) in [6.07, 6.45) is 3.98. The topological polar surface area (TPSA) is 80.2 Å². The van der Waals surface area contributed by atoms with Crippen LogP contribution in [0.1, 0.15) is 17.1 Å². The number of nitrogens with one attached hydrogen (secondary N) is 1. The molecule has 0 aliphatic carbocycles. The molecular formula is C16H21ClN4O2. The molecule has 0 amide bonds. The number of aromatic nitrogens is 3. The van der Waals surface area contributed by atoms with Gasteiger partial charge in [0, 0.05) is 50.3 Å². The Morgan fingerprint density at radius 3 is 2.91 bits per heavy atom. The number of pyridine rings is 1. The summed E-state index contributed by atoms with van der Waals surface area (Å²) in [5.74, 6) is 1.38. The molecule has 0 radical (unpaired) electrons. The molecule has 2 N–H and O–H groups in total. The number of hydrogen-bond donors (Lipinski definition) is 2. The van der Waals surface area contributed by atoms with Gasteiger partial charge in [-0.2, -0.15) is 0 Å². The summed E-state index contributed by atoms with van der Waals surface area (Å²) in [7, 11) is 1.61. The molecule has 124 valence electrons. The number of aliphatic hydroxyl groups is 1. The largest absolute Gasteiger partial charge is 0.396 e. The average molecular weight is 337 g/mol. The number of ether oxygens (including phenoxy) is 1. The highest BCUT2D eigenvalue weighted by Crippen LogP contribution is 2.18. The summed E-state index contributed by atoms with van der Waals surface area (Å²) in [5, 5.41) is 13.5. The van der Waals surface area contributed by atoms with Gasteiger partial charge in [-0.1, -0.05) is 11.6 Å². The van der Waals surface area contributed by atoms with Gasteiger partial charge in [0.25, 0.3) is 0 Å². The first-order chi connectivity index (χ1) is 11.1. The number of rotatable bonds is 8. The number of anilines is 1. The number of methoxy groups -OCH3 is 1. The first kappa shape index (κ1) is 17.6. The highest BCUT2D eigenvalue weighted by atomic mass is 35.5. The van der Waals surface area contributed by atoms with Crippen LogP contribution in [-0.2, 0) is 17.8 Å². The Balaban J connectivity index is 1.99. The third-order valence-electron chi connectivity index (χ3n) is 3.37. The number of nitrogens with zero attached hydrogens (tertiary/aromatic N) is 3. The maximum absolute atomic E-state index is 9.60.